The second-order valence-electron chi connectivity index (χ2n) is 4.22. The zero-order chi connectivity index (χ0) is 14.8. The molecule has 5 heteroatoms. The first-order valence-corrected chi connectivity index (χ1v) is 6.72. The van der Waals surface area contributed by atoms with Gasteiger partial charge in [0.25, 0.3) is 0 Å². The fourth-order valence-electron chi connectivity index (χ4n) is 1.77. The number of ether oxygens (including phenoxy) is 3. The van der Waals surface area contributed by atoms with Gasteiger partial charge in [-0.15, -0.1) is 0 Å². The van der Waals surface area contributed by atoms with Crippen LogP contribution in [0.1, 0.15) is 25.3 Å². The Hall–Kier alpha value is -1.93. The van der Waals surface area contributed by atoms with Gasteiger partial charge < -0.3 is 19.5 Å². The molecule has 0 unspecified atom stereocenters. The number of benzene rings is 1. The number of hydrogen-bond acceptors (Lipinski definition) is 5. The summed E-state index contributed by atoms with van der Waals surface area (Å²) in [7, 11) is 3.21. The minimum absolute atomic E-state index is 0.465. The number of methoxy groups -OCH3 is 2. The molecule has 0 bridgehead atoms. The van der Waals surface area contributed by atoms with E-state index >= 15 is 0 Å². The van der Waals surface area contributed by atoms with Gasteiger partial charge in [-0.25, -0.2) is 0 Å². The maximum atomic E-state index is 8.52. The summed E-state index contributed by atoms with van der Waals surface area (Å²) in [6.07, 6.45) is 1.16. The van der Waals surface area contributed by atoms with Crippen LogP contribution >= 0.6 is 0 Å². The minimum atomic E-state index is 0.465. The largest absolute Gasteiger partial charge is 0.493 e. The highest BCUT2D eigenvalue weighted by Crippen LogP contribution is 2.38. The lowest BCUT2D eigenvalue weighted by atomic mass is 10.1. The van der Waals surface area contributed by atoms with Gasteiger partial charge in [0.2, 0.25) is 5.75 Å². The van der Waals surface area contributed by atoms with Gasteiger partial charge in [0.15, 0.2) is 11.5 Å². The topological polar surface area (TPSA) is 63.5 Å². The van der Waals surface area contributed by atoms with Crippen LogP contribution in [0.15, 0.2) is 12.1 Å². The first-order chi connectivity index (χ1) is 9.76. The zero-order valence-electron chi connectivity index (χ0n) is 12.4. The molecule has 0 heterocycles. The number of nitrogens with one attached hydrogen (secondary N) is 1. The van der Waals surface area contributed by atoms with Crippen LogP contribution in [0.2, 0.25) is 0 Å². The monoisotopic (exact) mass is 278 g/mol. The van der Waals surface area contributed by atoms with E-state index in [4.69, 9.17) is 19.5 Å². The third kappa shape index (κ3) is 4.63. The molecule has 0 spiro atoms. The molecule has 0 saturated heterocycles. The third-order valence-corrected chi connectivity index (χ3v) is 2.78. The van der Waals surface area contributed by atoms with Crippen molar-refractivity contribution in [1.29, 1.82) is 5.26 Å². The van der Waals surface area contributed by atoms with Gasteiger partial charge in [-0.3, -0.25) is 0 Å². The Kier molecular flexibility index (Phi) is 7.30. The van der Waals surface area contributed by atoms with Gasteiger partial charge in [-0.1, -0.05) is 6.92 Å². The maximum absolute atomic E-state index is 8.52. The molecule has 0 fully saturated rings. The second-order valence-corrected chi connectivity index (χ2v) is 4.22. The second kappa shape index (κ2) is 9.05. The molecule has 0 aromatic heterocycles. The molecular weight excluding hydrogens is 256 g/mol. The molecule has 1 N–H and O–H groups in total. The Morgan fingerprint density at radius 1 is 1.20 bits per heavy atom. The standard InChI is InChI=1S/C15H22N2O3/c1-4-17-11-12-9-13(18-2)15(14(10-12)19-3)20-8-6-5-7-16/h9-10,17H,4-6,8,11H2,1-3H3. The van der Waals surface area contributed by atoms with Crippen molar-refractivity contribution in [3.05, 3.63) is 17.7 Å². The van der Waals surface area contributed by atoms with Gasteiger partial charge in [0, 0.05) is 13.0 Å². The molecule has 1 aromatic carbocycles. The van der Waals surface area contributed by atoms with Gasteiger partial charge in [-0.2, -0.15) is 5.26 Å². The van der Waals surface area contributed by atoms with Crippen molar-refractivity contribution in [2.45, 2.75) is 26.3 Å². The van der Waals surface area contributed by atoms with E-state index in [0.717, 1.165) is 18.7 Å². The molecule has 0 atom stereocenters. The van der Waals surface area contributed by atoms with E-state index in [-0.39, 0.29) is 0 Å². The average molecular weight is 278 g/mol. The molecule has 110 valence electrons. The number of rotatable bonds is 9. The van der Waals surface area contributed by atoms with Crippen molar-refractivity contribution in [2.75, 3.05) is 27.4 Å². The minimum Gasteiger partial charge on any atom is -0.493 e. The summed E-state index contributed by atoms with van der Waals surface area (Å²) >= 11 is 0. The van der Waals surface area contributed by atoms with Crippen LogP contribution in [-0.4, -0.2) is 27.4 Å². The van der Waals surface area contributed by atoms with E-state index in [9.17, 15) is 0 Å². The Balaban J connectivity index is 2.87. The van der Waals surface area contributed by atoms with E-state index in [1.807, 2.05) is 12.1 Å². The highest BCUT2D eigenvalue weighted by Gasteiger charge is 2.14. The Morgan fingerprint density at radius 2 is 1.85 bits per heavy atom. The van der Waals surface area contributed by atoms with Crippen LogP contribution in [-0.2, 0) is 6.54 Å². The fraction of sp³-hybridized carbons (Fsp3) is 0.533. The predicted molar refractivity (Wildman–Crippen MR) is 77.3 cm³/mol. The molecule has 0 amide bonds. The summed E-state index contributed by atoms with van der Waals surface area (Å²) in [6, 6.07) is 5.96. The van der Waals surface area contributed by atoms with Crippen molar-refractivity contribution in [3.8, 4) is 23.3 Å². The van der Waals surface area contributed by atoms with Crippen LogP contribution in [0.4, 0.5) is 0 Å². The lowest BCUT2D eigenvalue weighted by Crippen LogP contribution is -2.12. The van der Waals surface area contributed by atoms with Crippen molar-refractivity contribution in [1.82, 2.24) is 5.32 Å². The van der Waals surface area contributed by atoms with Crippen LogP contribution < -0.4 is 19.5 Å². The quantitative estimate of drug-likeness (QED) is 0.703. The first-order valence-electron chi connectivity index (χ1n) is 6.72. The SMILES string of the molecule is CCNCc1cc(OC)c(OCCCC#N)c(OC)c1. The lowest BCUT2D eigenvalue weighted by Gasteiger charge is -2.16. The number of unbranched alkanes of at least 4 members (excludes halogenated alkanes) is 1. The van der Waals surface area contributed by atoms with Crippen molar-refractivity contribution < 1.29 is 14.2 Å². The van der Waals surface area contributed by atoms with E-state index in [1.165, 1.54) is 0 Å². The molecule has 1 rings (SSSR count). The highest BCUT2D eigenvalue weighted by molar-refractivity contribution is 5.53. The molecule has 0 aliphatic rings. The first kappa shape index (κ1) is 16.1. The maximum Gasteiger partial charge on any atom is 0.203 e. The number of nitrogens with zero attached hydrogens (tertiary/aromatic N) is 1. The summed E-state index contributed by atoms with van der Waals surface area (Å²) < 4.78 is 16.4. The summed E-state index contributed by atoms with van der Waals surface area (Å²) in [5, 5.41) is 11.8. The molecule has 1 aromatic rings. The Labute approximate surface area is 120 Å². The van der Waals surface area contributed by atoms with Crippen molar-refractivity contribution in [2.24, 2.45) is 0 Å². The summed E-state index contributed by atoms with van der Waals surface area (Å²) in [6.45, 7) is 4.17. The van der Waals surface area contributed by atoms with Crippen molar-refractivity contribution in [3.63, 3.8) is 0 Å². The van der Waals surface area contributed by atoms with Crippen LogP contribution in [0.3, 0.4) is 0 Å². The van der Waals surface area contributed by atoms with E-state index in [2.05, 4.69) is 18.3 Å². The third-order valence-electron chi connectivity index (χ3n) is 2.78. The van der Waals surface area contributed by atoms with Crippen LogP contribution in [0.25, 0.3) is 0 Å². The summed E-state index contributed by atoms with van der Waals surface area (Å²) in [4.78, 5) is 0. The molecule has 20 heavy (non-hydrogen) atoms. The van der Waals surface area contributed by atoms with Gasteiger partial charge in [-0.05, 0) is 30.7 Å². The van der Waals surface area contributed by atoms with Gasteiger partial charge in [0.05, 0.1) is 26.9 Å². The molecule has 0 aliphatic carbocycles. The molecule has 0 radical (unpaired) electrons. The van der Waals surface area contributed by atoms with Crippen LogP contribution in [0.5, 0.6) is 17.2 Å². The Bertz CT molecular complexity index is 430. The van der Waals surface area contributed by atoms with E-state index < -0.39 is 0 Å². The van der Waals surface area contributed by atoms with E-state index in [0.29, 0.717) is 36.7 Å². The summed E-state index contributed by atoms with van der Waals surface area (Å²) in [5.41, 5.74) is 1.07. The molecule has 0 saturated carbocycles. The summed E-state index contributed by atoms with van der Waals surface area (Å²) in [5.74, 6) is 1.89. The van der Waals surface area contributed by atoms with E-state index in [1.54, 1.807) is 14.2 Å². The fourth-order valence-corrected chi connectivity index (χ4v) is 1.77. The Morgan fingerprint density at radius 3 is 2.35 bits per heavy atom. The normalized spacial score (nSPS) is 9.90. The molecular formula is C15H22N2O3. The van der Waals surface area contributed by atoms with Gasteiger partial charge >= 0.3 is 0 Å². The van der Waals surface area contributed by atoms with Crippen LogP contribution in [0, 0.1) is 11.3 Å². The van der Waals surface area contributed by atoms with Crippen molar-refractivity contribution >= 4 is 0 Å². The zero-order valence-corrected chi connectivity index (χ0v) is 12.4. The molecule has 0 aliphatic heterocycles. The number of hydrogen-bond donors (Lipinski definition) is 1. The van der Waals surface area contributed by atoms with Gasteiger partial charge in [0.1, 0.15) is 0 Å². The smallest absolute Gasteiger partial charge is 0.203 e. The lowest BCUT2D eigenvalue weighted by molar-refractivity contribution is 0.271. The predicted octanol–water partition coefficient (Wildman–Crippen LogP) is 2.50. The number of nitriles is 1. The average Bonchev–Trinajstić information content (AvgIpc) is 2.49. The molecule has 5 nitrogen and oxygen atoms in total. The highest BCUT2D eigenvalue weighted by atomic mass is 16.5.